The van der Waals surface area contributed by atoms with Crippen molar-refractivity contribution in [1.29, 1.82) is 5.41 Å². The predicted octanol–water partition coefficient (Wildman–Crippen LogP) is 3.94. The lowest BCUT2D eigenvalue weighted by atomic mass is 10.1. The monoisotopic (exact) mass is 372 g/mol. The third kappa shape index (κ3) is 3.27. The summed E-state index contributed by atoms with van der Waals surface area (Å²) in [4.78, 5) is 12.4. The topological polar surface area (TPSA) is 75.3 Å². The molecule has 0 bridgehead atoms. The maximum Gasteiger partial charge on any atom is 0.261 e. The Balaban J connectivity index is 1.97. The first-order valence-electron chi connectivity index (χ1n) is 6.80. The second-order valence-corrected chi connectivity index (χ2v) is 5.77. The average molecular weight is 373 g/mol. The van der Waals surface area contributed by atoms with Gasteiger partial charge in [0, 0.05) is 15.5 Å². The Morgan fingerprint density at radius 2 is 1.91 bits per heavy atom. The highest BCUT2D eigenvalue weighted by Crippen LogP contribution is 2.21. The number of benzene rings is 2. The Labute approximate surface area is 140 Å². The fourth-order valence-corrected chi connectivity index (χ4v) is 2.41. The van der Waals surface area contributed by atoms with Gasteiger partial charge in [-0.2, -0.15) is 0 Å². The van der Waals surface area contributed by atoms with Crippen LogP contribution in [0.25, 0.3) is 11.0 Å². The van der Waals surface area contributed by atoms with Crippen molar-refractivity contribution in [1.82, 2.24) is 0 Å². The molecule has 0 aliphatic heterocycles. The number of nitrogens with one attached hydrogen (secondary N) is 2. The van der Waals surface area contributed by atoms with Crippen LogP contribution < -0.4 is 15.6 Å². The van der Waals surface area contributed by atoms with E-state index >= 15 is 0 Å². The second kappa shape index (κ2) is 6.26. The molecular formula is C17H13BrN2O3. The van der Waals surface area contributed by atoms with Crippen LogP contribution in [0.15, 0.2) is 57.4 Å². The number of amides is 1. The predicted molar refractivity (Wildman–Crippen MR) is 90.7 cm³/mol. The van der Waals surface area contributed by atoms with Crippen molar-refractivity contribution in [2.75, 3.05) is 12.4 Å². The molecule has 1 amide bonds. The number of carbonyl (C=O) groups is 1. The molecule has 0 atom stereocenters. The van der Waals surface area contributed by atoms with E-state index in [-0.39, 0.29) is 11.1 Å². The minimum Gasteiger partial charge on any atom is -0.497 e. The first-order chi connectivity index (χ1) is 11.1. The highest BCUT2D eigenvalue weighted by Gasteiger charge is 2.12. The van der Waals surface area contributed by atoms with Crippen molar-refractivity contribution in [3.63, 3.8) is 0 Å². The maximum absolute atomic E-state index is 12.4. The highest BCUT2D eigenvalue weighted by atomic mass is 79.9. The molecule has 5 nitrogen and oxygen atoms in total. The third-order valence-electron chi connectivity index (χ3n) is 3.32. The largest absolute Gasteiger partial charge is 0.497 e. The first kappa shape index (κ1) is 15.3. The number of hydrogen-bond acceptors (Lipinski definition) is 4. The normalized spacial score (nSPS) is 10.5. The molecule has 2 N–H and O–H groups in total. The molecule has 23 heavy (non-hydrogen) atoms. The van der Waals surface area contributed by atoms with Crippen LogP contribution in [-0.4, -0.2) is 13.0 Å². The standard InChI is InChI=1S/C17H13BrN2O3/c1-22-13-6-7-15-10(8-13)9-14(16(19)23-15)17(21)20-12-4-2-11(18)3-5-12/h2-9,19H,1H3,(H,20,21). The van der Waals surface area contributed by atoms with E-state index in [2.05, 4.69) is 21.2 Å². The van der Waals surface area contributed by atoms with Crippen molar-refractivity contribution >= 4 is 38.5 Å². The van der Waals surface area contributed by atoms with Crippen LogP contribution in [-0.2, 0) is 0 Å². The summed E-state index contributed by atoms with van der Waals surface area (Å²) in [5.74, 6) is 0.260. The fourth-order valence-electron chi connectivity index (χ4n) is 2.15. The molecule has 116 valence electrons. The number of methoxy groups -OCH3 is 1. The van der Waals surface area contributed by atoms with Crippen LogP contribution in [0.4, 0.5) is 5.69 Å². The molecule has 1 aromatic heterocycles. The molecule has 0 spiro atoms. The summed E-state index contributed by atoms with van der Waals surface area (Å²) in [5.41, 5.74) is 1.14. The number of ether oxygens (including phenoxy) is 1. The van der Waals surface area contributed by atoms with E-state index < -0.39 is 5.91 Å². The molecular weight excluding hydrogens is 360 g/mol. The van der Waals surface area contributed by atoms with Gasteiger partial charge in [-0.05, 0) is 48.5 Å². The van der Waals surface area contributed by atoms with Gasteiger partial charge in [0.2, 0.25) is 5.55 Å². The average Bonchev–Trinajstić information content (AvgIpc) is 2.55. The summed E-state index contributed by atoms with van der Waals surface area (Å²) in [5, 5.41) is 11.4. The highest BCUT2D eigenvalue weighted by molar-refractivity contribution is 9.10. The summed E-state index contributed by atoms with van der Waals surface area (Å²) in [6, 6.07) is 14.0. The van der Waals surface area contributed by atoms with E-state index in [1.807, 2.05) is 12.1 Å². The van der Waals surface area contributed by atoms with Gasteiger partial charge in [0.25, 0.3) is 5.91 Å². The smallest absolute Gasteiger partial charge is 0.261 e. The van der Waals surface area contributed by atoms with Crippen LogP contribution in [0, 0.1) is 5.41 Å². The quantitative estimate of drug-likeness (QED) is 0.730. The molecule has 0 aliphatic rings. The number of rotatable bonds is 3. The van der Waals surface area contributed by atoms with Crippen LogP contribution in [0.2, 0.25) is 0 Å². The lowest BCUT2D eigenvalue weighted by Gasteiger charge is -2.07. The Morgan fingerprint density at radius 3 is 2.61 bits per heavy atom. The van der Waals surface area contributed by atoms with Gasteiger partial charge in [0.05, 0.1) is 7.11 Å². The molecule has 0 radical (unpaired) electrons. The van der Waals surface area contributed by atoms with E-state index in [9.17, 15) is 4.79 Å². The van der Waals surface area contributed by atoms with E-state index in [0.29, 0.717) is 22.4 Å². The van der Waals surface area contributed by atoms with Crippen LogP contribution >= 0.6 is 15.9 Å². The van der Waals surface area contributed by atoms with Crippen LogP contribution in [0.3, 0.4) is 0 Å². The van der Waals surface area contributed by atoms with Gasteiger partial charge < -0.3 is 14.5 Å². The summed E-state index contributed by atoms with van der Waals surface area (Å²) in [6.07, 6.45) is 0. The third-order valence-corrected chi connectivity index (χ3v) is 3.85. The molecule has 3 aromatic rings. The van der Waals surface area contributed by atoms with Crippen LogP contribution in [0.5, 0.6) is 5.75 Å². The van der Waals surface area contributed by atoms with Gasteiger partial charge in [-0.25, -0.2) is 0 Å². The zero-order chi connectivity index (χ0) is 16.4. The Morgan fingerprint density at radius 1 is 1.17 bits per heavy atom. The van der Waals surface area contributed by atoms with Gasteiger partial charge in [0.15, 0.2) is 0 Å². The molecule has 0 saturated heterocycles. The van der Waals surface area contributed by atoms with Crippen molar-refractivity contribution in [2.24, 2.45) is 0 Å². The zero-order valence-electron chi connectivity index (χ0n) is 12.2. The van der Waals surface area contributed by atoms with Crippen LogP contribution in [0.1, 0.15) is 10.4 Å². The number of carbonyl (C=O) groups excluding carboxylic acids is 1. The molecule has 1 heterocycles. The lowest BCUT2D eigenvalue weighted by Crippen LogP contribution is -2.20. The van der Waals surface area contributed by atoms with Crippen molar-refractivity contribution in [2.45, 2.75) is 0 Å². The van der Waals surface area contributed by atoms with Gasteiger partial charge in [0.1, 0.15) is 16.9 Å². The molecule has 0 saturated carbocycles. The summed E-state index contributed by atoms with van der Waals surface area (Å²) < 4.78 is 11.5. The second-order valence-electron chi connectivity index (χ2n) is 4.85. The van der Waals surface area contributed by atoms with Gasteiger partial charge in [-0.3, -0.25) is 10.2 Å². The summed E-state index contributed by atoms with van der Waals surface area (Å²) in [6.45, 7) is 0. The number of fused-ring (bicyclic) bond motifs is 1. The zero-order valence-corrected chi connectivity index (χ0v) is 13.8. The molecule has 3 rings (SSSR count). The van der Waals surface area contributed by atoms with E-state index in [1.54, 1.807) is 43.5 Å². The molecule has 0 unspecified atom stereocenters. The van der Waals surface area contributed by atoms with Gasteiger partial charge >= 0.3 is 0 Å². The molecule has 0 fully saturated rings. The van der Waals surface area contributed by atoms with Crippen molar-refractivity contribution in [3.05, 3.63) is 64.1 Å². The van der Waals surface area contributed by atoms with Gasteiger partial charge in [-0.15, -0.1) is 0 Å². The Kier molecular flexibility index (Phi) is 4.16. The number of hydrogen-bond donors (Lipinski definition) is 2. The van der Waals surface area contributed by atoms with E-state index in [4.69, 9.17) is 14.6 Å². The lowest BCUT2D eigenvalue weighted by molar-refractivity contribution is 0.102. The first-order valence-corrected chi connectivity index (χ1v) is 7.59. The SMILES string of the molecule is COc1ccc2oc(=N)c(C(=O)Nc3ccc(Br)cc3)cc2c1. The van der Waals surface area contributed by atoms with Crippen molar-refractivity contribution in [3.8, 4) is 5.75 Å². The maximum atomic E-state index is 12.4. The fraction of sp³-hybridized carbons (Fsp3) is 0.0588. The molecule has 0 aliphatic carbocycles. The van der Waals surface area contributed by atoms with E-state index in [0.717, 1.165) is 4.47 Å². The van der Waals surface area contributed by atoms with Gasteiger partial charge in [-0.1, -0.05) is 15.9 Å². The number of halogens is 1. The molecule has 2 aromatic carbocycles. The Bertz CT molecular complexity index is 933. The Hall–Kier alpha value is -2.60. The van der Waals surface area contributed by atoms with Crippen molar-refractivity contribution < 1.29 is 13.9 Å². The summed E-state index contributed by atoms with van der Waals surface area (Å²) >= 11 is 3.34. The minimum absolute atomic E-state index is 0.161. The minimum atomic E-state index is -0.397. The molecule has 6 heteroatoms. The van der Waals surface area contributed by atoms with E-state index in [1.165, 1.54) is 0 Å². The summed E-state index contributed by atoms with van der Waals surface area (Å²) in [7, 11) is 1.57. The number of anilines is 1.